The molecule has 0 aliphatic carbocycles. The highest BCUT2D eigenvalue weighted by Crippen LogP contribution is 2.34. The minimum absolute atomic E-state index is 0. The summed E-state index contributed by atoms with van der Waals surface area (Å²) in [5, 5.41) is 4.27. The number of pyridine rings is 1. The van der Waals surface area contributed by atoms with Crippen LogP contribution in [0, 0.1) is 0 Å². The fourth-order valence-electron chi connectivity index (χ4n) is 3.79. The van der Waals surface area contributed by atoms with E-state index in [1.165, 1.54) is 10.8 Å². The van der Waals surface area contributed by atoms with Gasteiger partial charge in [-0.25, -0.2) is 0 Å². The topological polar surface area (TPSA) is 51.3 Å². The summed E-state index contributed by atoms with van der Waals surface area (Å²) in [5.74, 6) is 1.29. The van der Waals surface area contributed by atoms with Gasteiger partial charge in [-0.05, 0) is 40.3 Å². The van der Waals surface area contributed by atoms with Gasteiger partial charge in [0.05, 0.1) is 14.2 Å². The number of benzene rings is 3. The van der Waals surface area contributed by atoms with Crippen molar-refractivity contribution < 1.29 is 9.47 Å². The van der Waals surface area contributed by atoms with Crippen LogP contribution in [-0.4, -0.2) is 19.2 Å². The first-order valence-corrected chi connectivity index (χ1v) is 9.42. The van der Waals surface area contributed by atoms with Crippen molar-refractivity contribution in [3.05, 3.63) is 81.8 Å². The lowest BCUT2D eigenvalue weighted by Gasteiger charge is -2.14. The summed E-state index contributed by atoms with van der Waals surface area (Å²) in [6, 6.07) is 18.4. The van der Waals surface area contributed by atoms with E-state index in [4.69, 9.17) is 9.47 Å². The number of aryl methyl sites for hydroxylation is 1. The van der Waals surface area contributed by atoms with E-state index in [0.29, 0.717) is 17.9 Å². The van der Waals surface area contributed by atoms with Crippen molar-refractivity contribution in [2.24, 2.45) is 0 Å². The Labute approximate surface area is 175 Å². The van der Waals surface area contributed by atoms with Crippen LogP contribution in [0.1, 0.15) is 23.7 Å². The molecular formula is C24H24ClNO3. The van der Waals surface area contributed by atoms with E-state index < -0.39 is 0 Å². The number of H-pyrrole nitrogens is 1. The van der Waals surface area contributed by atoms with Crippen molar-refractivity contribution in [3.63, 3.8) is 0 Å². The van der Waals surface area contributed by atoms with Crippen molar-refractivity contribution in [3.8, 4) is 11.5 Å². The van der Waals surface area contributed by atoms with Gasteiger partial charge in [0, 0.05) is 23.1 Å². The molecule has 0 spiro atoms. The molecule has 0 fully saturated rings. The summed E-state index contributed by atoms with van der Waals surface area (Å²) >= 11 is 0. The maximum atomic E-state index is 12.9. The summed E-state index contributed by atoms with van der Waals surface area (Å²) in [4.78, 5) is 16.0. The molecular weight excluding hydrogens is 386 g/mol. The number of aromatic nitrogens is 1. The number of halogens is 1. The standard InChI is InChI=1S/C24H23NO3.ClH/c1-4-21-19-14-23(28-3)22(27-2)13-18(19)20(24(26)25-21)12-15-9-10-16-7-5-6-8-17(16)11-15;/h5-11,13-14H,4,12H2,1-3H3,(H,25,26);1H. The fourth-order valence-corrected chi connectivity index (χ4v) is 3.79. The lowest BCUT2D eigenvalue weighted by molar-refractivity contribution is 0.356. The second-order valence-corrected chi connectivity index (χ2v) is 6.88. The molecule has 0 unspecified atom stereocenters. The predicted octanol–water partition coefficient (Wildman–Crippen LogP) is 5.27. The molecule has 1 heterocycles. The largest absolute Gasteiger partial charge is 0.493 e. The third-order valence-electron chi connectivity index (χ3n) is 5.26. The number of rotatable bonds is 5. The molecule has 4 aromatic rings. The quantitative estimate of drug-likeness (QED) is 0.488. The van der Waals surface area contributed by atoms with Crippen LogP contribution in [0.3, 0.4) is 0 Å². The van der Waals surface area contributed by atoms with Crippen molar-refractivity contribution in [2.45, 2.75) is 19.8 Å². The van der Waals surface area contributed by atoms with Gasteiger partial charge in [-0.1, -0.05) is 49.4 Å². The first-order valence-electron chi connectivity index (χ1n) is 9.42. The van der Waals surface area contributed by atoms with E-state index in [2.05, 4.69) is 35.3 Å². The molecule has 0 atom stereocenters. The highest BCUT2D eigenvalue weighted by atomic mass is 35.5. The summed E-state index contributed by atoms with van der Waals surface area (Å²) in [6.45, 7) is 2.03. The zero-order chi connectivity index (χ0) is 19.7. The van der Waals surface area contributed by atoms with Crippen LogP contribution in [0.15, 0.2) is 59.4 Å². The number of ether oxygens (including phenoxy) is 2. The number of hydrogen-bond acceptors (Lipinski definition) is 3. The average molecular weight is 410 g/mol. The minimum Gasteiger partial charge on any atom is -0.493 e. The van der Waals surface area contributed by atoms with Crippen LogP contribution in [0.2, 0.25) is 0 Å². The lowest BCUT2D eigenvalue weighted by Crippen LogP contribution is -2.16. The summed E-state index contributed by atoms with van der Waals surface area (Å²) in [6.07, 6.45) is 1.29. The fraction of sp³-hybridized carbons (Fsp3) is 0.208. The van der Waals surface area contributed by atoms with Crippen LogP contribution < -0.4 is 15.0 Å². The smallest absolute Gasteiger partial charge is 0.252 e. The Bertz CT molecular complexity index is 1230. The van der Waals surface area contributed by atoms with E-state index in [1.54, 1.807) is 14.2 Å². The molecule has 5 heteroatoms. The first kappa shape index (κ1) is 20.7. The SMILES string of the molecule is CCc1[nH]c(=O)c(Cc2ccc3ccccc3c2)c2cc(OC)c(OC)cc12.Cl. The molecule has 150 valence electrons. The number of aromatic amines is 1. The molecule has 1 aromatic heterocycles. The van der Waals surface area contributed by atoms with Gasteiger partial charge >= 0.3 is 0 Å². The average Bonchev–Trinajstić information content (AvgIpc) is 2.74. The number of fused-ring (bicyclic) bond motifs is 2. The highest BCUT2D eigenvalue weighted by Gasteiger charge is 2.15. The molecule has 0 saturated heterocycles. The van der Waals surface area contributed by atoms with Gasteiger partial charge in [0.2, 0.25) is 0 Å². The molecule has 0 bridgehead atoms. The minimum atomic E-state index is -0.0512. The van der Waals surface area contributed by atoms with Gasteiger partial charge in [0.1, 0.15) is 0 Å². The summed E-state index contributed by atoms with van der Waals surface area (Å²) in [5.41, 5.74) is 2.70. The Kier molecular flexibility index (Phi) is 6.14. The van der Waals surface area contributed by atoms with Crippen molar-refractivity contribution in [1.82, 2.24) is 4.98 Å². The summed E-state index contributed by atoms with van der Waals surface area (Å²) in [7, 11) is 3.23. The van der Waals surface area contributed by atoms with Crippen LogP contribution in [-0.2, 0) is 12.8 Å². The van der Waals surface area contributed by atoms with Gasteiger partial charge < -0.3 is 14.5 Å². The second kappa shape index (κ2) is 8.58. The normalized spacial score (nSPS) is 10.7. The zero-order valence-corrected chi connectivity index (χ0v) is 17.6. The first-order chi connectivity index (χ1) is 13.6. The molecule has 0 aliphatic rings. The van der Waals surface area contributed by atoms with Gasteiger partial charge in [-0.3, -0.25) is 4.79 Å². The second-order valence-electron chi connectivity index (χ2n) is 6.88. The maximum Gasteiger partial charge on any atom is 0.252 e. The van der Waals surface area contributed by atoms with E-state index in [1.807, 2.05) is 31.2 Å². The molecule has 0 saturated carbocycles. The monoisotopic (exact) mass is 409 g/mol. The molecule has 0 amide bonds. The van der Waals surface area contributed by atoms with Crippen LogP contribution in [0.4, 0.5) is 0 Å². The molecule has 4 nitrogen and oxygen atoms in total. The lowest BCUT2D eigenvalue weighted by atomic mass is 9.96. The predicted molar refractivity (Wildman–Crippen MR) is 121 cm³/mol. The number of methoxy groups -OCH3 is 2. The van der Waals surface area contributed by atoms with Gasteiger partial charge in [-0.15, -0.1) is 12.4 Å². The van der Waals surface area contributed by atoms with Crippen molar-refractivity contribution >= 4 is 34.0 Å². The molecule has 3 aromatic carbocycles. The molecule has 0 radical (unpaired) electrons. The Morgan fingerprint density at radius 3 is 2.17 bits per heavy atom. The molecule has 1 N–H and O–H groups in total. The zero-order valence-electron chi connectivity index (χ0n) is 16.7. The summed E-state index contributed by atoms with van der Waals surface area (Å²) < 4.78 is 10.9. The number of nitrogens with one attached hydrogen (secondary N) is 1. The van der Waals surface area contributed by atoms with Crippen molar-refractivity contribution in [2.75, 3.05) is 14.2 Å². The molecule has 0 aliphatic heterocycles. The van der Waals surface area contributed by atoms with Gasteiger partial charge in [0.25, 0.3) is 5.56 Å². The highest BCUT2D eigenvalue weighted by molar-refractivity contribution is 5.91. The van der Waals surface area contributed by atoms with E-state index in [9.17, 15) is 4.79 Å². The molecule has 4 rings (SSSR count). The van der Waals surface area contributed by atoms with E-state index in [-0.39, 0.29) is 18.0 Å². The third kappa shape index (κ3) is 3.81. The van der Waals surface area contributed by atoms with Crippen LogP contribution in [0.25, 0.3) is 21.5 Å². The van der Waals surface area contributed by atoms with Crippen LogP contribution in [0.5, 0.6) is 11.5 Å². The van der Waals surface area contributed by atoms with E-state index >= 15 is 0 Å². The van der Waals surface area contributed by atoms with E-state index in [0.717, 1.165) is 34.0 Å². The van der Waals surface area contributed by atoms with Gasteiger partial charge in [0.15, 0.2) is 11.5 Å². The van der Waals surface area contributed by atoms with Crippen molar-refractivity contribution in [1.29, 1.82) is 0 Å². The molecule has 29 heavy (non-hydrogen) atoms. The Balaban J connectivity index is 0.00000240. The van der Waals surface area contributed by atoms with Crippen LogP contribution >= 0.6 is 12.4 Å². The Morgan fingerprint density at radius 2 is 1.52 bits per heavy atom. The Morgan fingerprint density at radius 1 is 0.862 bits per heavy atom. The number of hydrogen-bond donors (Lipinski definition) is 1. The maximum absolute atomic E-state index is 12.9. The van der Waals surface area contributed by atoms with Gasteiger partial charge in [-0.2, -0.15) is 0 Å². The third-order valence-corrected chi connectivity index (χ3v) is 5.26. The Hall–Kier alpha value is -2.98.